The molecule has 0 aromatic heterocycles. The third-order valence-corrected chi connectivity index (χ3v) is 5.73. The van der Waals surface area contributed by atoms with Gasteiger partial charge in [0.2, 0.25) is 10.0 Å². The number of hydrogen-bond donors (Lipinski definition) is 0. The maximum atomic E-state index is 13.7. The highest BCUT2D eigenvalue weighted by molar-refractivity contribution is 7.89. The highest BCUT2D eigenvalue weighted by Gasteiger charge is 2.35. The summed E-state index contributed by atoms with van der Waals surface area (Å²) in [5, 5.41) is 0. The molecule has 0 bridgehead atoms. The number of ether oxygens (including phenoxy) is 1. The molecule has 0 amide bonds. The molecule has 4 nitrogen and oxygen atoms in total. The van der Waals surface area contributed by atoms with Crippen molar-refractivity contribution in [3.63, 3.8) is 0 Å². The van der Waals surface area contributed by atoms with Crippen molar-refractivity contribution in [2.45, 2.75) is 30.3 Å². The Kier molecular flexibility index (Phi) is 3.79. The molecule has 0 spiro atoms. The molecule has 6 heteroatoms. The second kappa shape index (κ2) is 5.42. The summed E-state index contributed by atoms with van der Waals surface area (Å²) in [6, 6.07) is 5.50. The van der Waals surface area contributed by atoms with E-state index in [1.54, 1.807) is 0 Å². The van der Waals surface area contributed by atoms with Crippen LogP contribution in [0.25, 0.3) is 0 Å². The minimum absolute atomic E-state index is 0.0582. The summed E-state index contributed by atoms with van der Waals surface area (Å²) in [5.41, 5.74) is 0. The van der Waals surface area contributed by atoms with Crippen LogP contribution in [0.2, 0.25) is 0 Å². The lowest BCUT2D eigenvalue weighted by Gasteiger charge is -2.17. The van der Waals surface area contributed by atoms with Crippen LogP contribution in [0.5, 0.6) is 0 Å². The minimum atomic E-state index is -3.75. The van der Waals surface area contributed by atoms with E-state index in [1.807, 2.05) is 0 Å². The Labute approximate surface area is 118 Å². The quantitative estimate of drug-likeness (QED) is 0.835. The van der Waals surface area contributed by atoms with Crippen LogP contribution in [0, 0.1) is 11.7 Å². The number of rotatable bonds is 5. The van der Waals surface area contributed by atoms with Gasteiger partial charge >= 0.3 is 0 Å². The number of benzene rings is 1. The second-order valence-electron chi connectivity index (χ2n) is 5.48. The van der Waals surface area contributed by atoms with Gasteiger partial charge in [0.25, 0.3) is 0 Å². The molecule has 1 saturated heterocycles. The first-order chi connectivity index (χ1) is 9.57. The first-order valence-electron chi connectivity index (χ1n) is 6.93. The van der Waals surface area contributed by atoms with Crippen molar-refractivity contribution in [2.75, 3.05) is 19.7 Å². The van der Waals surface area contributed by atoms with E-state index < -0.39 is 15.8 Å². The van der Waals surface area contributed by atoms with Crippen molar-refractivity contribution in [3.8, 4) is 0 Å². The number of nitrogens with zero attached hydrogens (tertiary/aromatic N) is 1. The van der Waals surface area contributed by atoms with Crippen molar-refractivity contribution in [1.82, 2.24) is 4.31 Å². The zero-order valence-corrected chi connectivity index (χ0v) is 12.0. The van der Waals surface area contributed by atoms with Gasteiger partial charge in [-0.25, -0.2) is 12.8 Å². The number of sulfonamides is 1. The summed E-state index contributed by atoms with van der Waals surface area (Å²) in [5.74, 6) is -0.0397. The maximum absolute atomic E-state index is 13.7. The maximum Gasteiger partial charge on any atom is 0.246 e. The van der Waals surface area contributed by atoms with E-state index >= 15 is 0 Å². The SMILES string of the molecule is O=S(=O)(c1ccccc1F)N1CCC(OCC2CC2)C1. The monoisotopic (exact) mass is 299 g/mol. The average molecular weight is 299 g/mol. The topological polar surface area (TPSA) is 46.6 Å². The molecular weight excluding hydrogens is 281 g/mol. The third kappa shape index (κ3) is 2.87. The van der Waals surface area contributed by atoms with Gasteiger partial charge in [0.15, 0.2) is 0 Å². The van der Waals surface area contributed by atoms with Crippen LogP contribution in [-0.4, -0.2) is 38.5 Å². The van der Waals surface area contributed by atoms with E-state index in [1.165, 1.54) is 41.4 Å². The summed E-state index contributed by atoms with van der Waals surface area (Å²) in [7, 11) is -3.75. The summed E-state index contributed by atoms with van der Waals surface area (Å²) in [4.78, 5) is -0.247. The van der Waals surface area contributed by atoms with E-state index in [4.69, 9.17) is 4.74 Å². The van der Waals surface area contributed by atoms with Gasteiger partial charge in [0.05, 0.1) is 6.10 Å². The van der Waals surface area contributed by atoms with E-state index in [-0.39, 0.29) is 11.0 Å². The van der Waals surface area contributed by atoms with Crippen LogP contribution < -0.4 is 0 Å². The molecule has 1 saturated carbocycles. The lowest BCUT2D eigenvalue weighted by molar-refractivity contribution is 0.0561. The van der Waals surface area contributed by atoms with Gasteiger partial charge in [-0.2, -0.15) is 4.31 Å². The molecule has 1 aromatic carbocycles. The Morgan fingerprint density at radius 1 is 1.25 bits per heavy atom. The van der Waals surface area contributed by atoms with Gasteiger partial charge in [0.1, 0.15) is 10.7 Å². The van der Waals surface area contributed by atoms with E-state index in [2.05, 4.69) is 0 Å². The molecule has 1 unspecified atom stereocenters. The summed E-state index contributed by atoms with van der Waals surface area (Å²) < 4.78 is 45.5. The lowest BCUT2D eigenvalue weighted by Crippen LogP contribution is -2.31. The highest BCUT2D eigenvalue weighted by Crippen LogP contribution is 2.30. The summed E-state index contributed by atoms with van der Waals surface area (Å²) in [6.45, 7) is 1.44. The first kappa shape index (κ1) is 14.0. The fourth-order valence-electron chi connectivity index (χ4n) is 2.40. The van der Waals surface area contributed by atoms with Crippen LogP contribution >= 0.6 is 0 Å². The fraction of sp³-hybridized carbons (Fsp3) is 0.571. The molecule has 2 fully saturated rings. The van der Waals surface area contributed by atoms with Gasteiger partial charge < -0.3 is 4.74 Å². The van der Waals surface area contributed by atoms with Gasteiger partial charge in [-0.15, -0.1) is 0 Å². The first-order valence-corrected chi connectivity index (χ1v) is 8.37. The molecule has 20 heavy (non-hydrogen) atoms. The number of hydrogen-bond acceptors (Lipinski definition) is 3. The summed E-state index contributed by atoms with van der Waals surface area (Å²) in [6.07, 6.45) is 3.05. The Bertz CT molecular complexity index is 586. The Morgan fingerprint density at radius 2 is 2.00 bits per heavy atom. The average Bonchev–Trinajstić information content (AvgIpc) is 3.13. The van der Waals surface area contributed by atoms with Gasteiger partial charge in [0, 0.05) is 19.7 Å². The molecule has 0 radical (unpaired) electrons. The van der Waals surface area contributed by atoms with Gasteiger partial charge in [-0.05, 0) is 37.3 Å². The van der Waals surface area contributed by atoms with Crippen LogP contribution in [0.3, 0.4) is 0 Å². The zero-order chi connectivity index (χ0) is 14.2. The third-order valence-electron chi connectivity index (χ3n) is 3.83. The molecular formula is C14H18FNO3S. The van der Waals surface area contributed by atoms with Crippen LogP contribution in [0.15, 0.2) is 29.2 Å². The van der Waals surface area contributed by atoms with Crippen LogP contribution in [0.4, 0.5) is 4.39 Å². The van der Waals surface area contributed by atoms with E-state index in [0.717, 1.165) is 6.61 Å². The van der Waals surface area contributed by atoms with Crippen molar-refractivity contribution in [2.24, 2.45) is 5.92 Å². The molecule has 1 aromatic rings. The molecule has 1 aliphatic carbocycles. The summed E-state index contributed by atoms with van der Waals surface area (Å²) >= 11 is 0. The Balaban J connectivity index is 1.68. The van der Waals surface area contributed by atoms with Crippen molar-refractivity contribution < 1.29 is 17.5 Å². The molecule has 110 valence electrons. The largest absolute Gasteiger partial charge is 0.377 e. The zero-order valence-electron chi connectivity index (χ0n) is 11.2. The molecule has 0 N–H and O–H groups in total. The standard InChI is InChI=1S/C14H18FNO3S/c15-13-3-1-2-4-14(13)20(17,18)16-8-7-12(9-16)19-10-11-5-6-11/h1-4,11-12H,5-10H2. The van der Waals surface area contributed by atoms with E-state index in [9.17, 15) is 12.8 Å². The van der Waals surface area contributed by atoms with Crippen LogP contribution in [-0.2, 0) is 14.8 Å². The highest BCUT2D eigenvalue weighted by atomic mass is 32.2. The van der Waals surface area contributed by atoms with E-state index in [0.29, 0.717) is 25.4 Å². The number of halogens is 1. The molecule has 3 rings (SSSR count). The molecule has 1 aliphatic heterocycles. The van der Waals surface area contributed by atoms with Gasteiger partial charge in [-0.1, -0.05) is 12.1 Å². The fourth-order valence-corrected chi connectivity index (χ4v) is 3.95. The Morgan fingerprint density at radius 3 is 2.70 bits per heavy atom. The van der Waals surface area contributed by atoms with Gasteiger partial charge in [-0.3, -0.25) is 0 Å². The molecule has 1 heterocycles. The normalized spacial score (nSPS) is 24.1. The van der Waals surface area contributed by atoms with Crippen molar-refractivity contribution >= 4 is 10.0 Å². The smallest absolute Gasteiger partial charge is 0.246 e. The molecule has 2 aliphatic rings. The molecule has 1 atom stereocenters. The van der Waals surface area contributed by atoms with Crippen molar-refractivity contribution in [3.05, 3.63) is 30.1 Å². The predicted octanol–water partition coefficient (Wildman–Crippen LogP) is 2.02. The predicted molar refractivity (Wildman–Crippen MR) is 72.2 cm³/mol. The van der Waals surface area contributed by atoms with Crippen LogP contribution in [0.1, 0.15) is 19.3 Å². The second-order valence-corrected chi connectivity index (χ2v) is 7.39. The van der Waals surface area contributed by atoms with Crippen molar-refractivity contribution in [1.29, 1.82) is 0 Å². The Hall–Kier alpha value is -0.980. The minimum Gasteiger partial charge on any atom is -0.377 e. The lowest BCUT2D eigenvalue weighted by atomic mass is 10.3.